The van der Waals surface area contributed by atoms with Crippen LogP contribution in [-0.4, -0.2) is 54.1 Å². The van der Waals surface area contributed by atoms with Crippen molar-refractivity contribution in [3.63, 3.8) is 0 Å². The molecule has 2 heterocycles. The number of aromatic nitrogens is 1. The van der Waals surface area contributed by atoms with Crippen molar-refractivity contribution < 1.29 is 14.3 Å². The average Bonchev–Trinajstić information content (AvgIpc) is 3.26. The summed E-state index contributed by atoms with van der Waals surface area (Å²) in [7, 11) is 4.08. The van der Waals surface area contributed by atoms with Gasteiger partial charge >= 0.3 is 0 Å². The molecule has 0 unspecified atom stereocenters. The monoisotopic (exact) mass is 459 g/mol. The summed E-state index contributed by atoms with van der Waals surface area (Å²) in [6, 6.07) is 5.73. The predicted octanol–water partition coefficient (Wildman–Crippen LogP) is 3.63. The van der Waals surface area contributed by atoms with E-state index in [1.165, 1.54) is 30.0 Å². The molecule has 3 rings (SSSR count). The molecule has 0 saturated carbocycles. The zero-order valence-corrected chi connectivity index (χ0v) is 19.5. The van der Waals surface area contributed by atoms with Gasteiger partial charge in [0.15, 0.2) is 10.3 Å². The maximum absolute atomic E-state index is 12.3. The third kappa shape index (κ3) is 6.91. The standard InChI is InChI=1S/C21H25N5O3S2/c1-13-10-15(29-9-5-8-26(3)4)6-7-17(13)24-21-25-19(28)18(31-21)11-16-12-22-20(30-16)23-14(2)27/h6-7,10-12H,5,8-9H2,1-4H3,(H,22,23,27)(H,24,25,28). The number of amidine groups is 1. The molecule has 31 heavy (non-hydrogen) atoms. The number of thiazole rings is 1. The fourth-order valence-corrected chi connectivity index (χ4v) is 4.40. The minimum absolute atomic E-state index is 0.184. The zero-order valence-electron chi connectivity index (χ0n) is 17.9. The molecule has 1 aromatic heterocycles. The average molecular weight is 460 g/mol. The van der Waals surface area contributed by atoms with Crippen molar-refractivity contribution in [1.29, 1.82) is 0 Å². The minimum Gasteiger partial charge on any atom is -0.494 e. The first-order valence-electron chi connectivity index (χ1n) is 9.71. The lowest BCUT2D eigenvalue weighted by atomic mass is 10.2. The maximum Gasteiger partial charge on any atom is 0.264 e. The number of carbonyl (C=O) groups excluding carboxylic acids is 2. The Bertz CT molecular complexity index is 1030. The number of amides is 2. The Labute approximate surface area is 189 Å². The van der Waals surface area contributed by atoms with Gasteiger partial charge in [-0.2, -0.15) is 0 Å². The Morgan fingerprint density at radius 3 is 2.90 bits per heavy atom. The molecule has 0 spiro atoms. The van der Waals surface area contributed by atoms with Crippen LogP contribution in [0.25, 0.3) is 6.08 Å². The van der Waals surface area contributed by atoms with Gasteiger partial charge in [0, 0.05) is 19.7 Å². The Morgan fingerprint density at radius 1 is 1.39 bits per heavy atom. The second-order valence-electron chi connectivity index (χ2n) is 7.18. The molecule has 1 aliphatic heterocycles. The maximum atomic E-state index is 12.3. The first kappa shape index (κ1) is 23.0. The summed E-state index contributed by atoms with van der Waals surface area (Å²) in [5.41, 5.74) is 1.74. The van der Waals surface area contributed by atoms with E-state index in [4.69, 9.17) is 4.74 Å². The van der Waals surface area contributed by atoms with Gasteiger partial charge in [-0.3, -0.25) is 9.59 Å². The number of anilines is 1. The second kappa shape index (κ2) is 10.6. The van der Waals surface area contributed by atoms with Gasteiger partial charge in [0.25, 0.3) is 5.91 Å². The molecule has 1 saturated heterocycles. The van der Waals surface area contributed by atoms with Crippen molar-refractivity contribution in [3.05, 3.63) is 39.7 Å². The summed E-state index contributed by atoms with van der Waals surface area (Å²) in [4.78, 5) is 35.6. The van der Waals surface area contributed by atoms with Crippen LogP contribution in [0.3, 0.4) is 0 Å². The van der Waals surface area contributed by atoms with E-state index in [2.05, 4.69) is 25.5 Å². The summed E-state index contributed by atoms with van der Waals surface area (Å²) >= 11 is 2.57. The molecular weight excluding hydrogens is 434 g/mol. The summed E-state index contributed by atoms with van der Waals surface area (Å²) < 4.78 is 5.80. The van der Waals surface area contributed by atoms with Gasteiger partial charge in [0.05, 0.1) is 22.1 Å². The summed E-state index contributed by atoms with van der Waals surface area (Å²) in [6.07, 6.45) is 4.32. The highest BCUT2D eigenvalue weighted by atomic mass is 32.2. The summed E-state index contributed by atoms with van der Waals surface area (Å²) in [6.45, 7) is 5.03. The van der Waals surface area contributed by atoms with Crippen LogP contribution in [0.1, 0.15) is 23.8 Å². The van der Waals surface area contributed by atoms with E-state index in [1.807, 2.05) is 39.2 Å². The molecular formula is C21H25N5O3S2. The zero-order chi connectivity index (χ0) is 22.4. The van der Waals surface area contributed by atoms with Crippen LogP contribution in [0.4, 0.5) is 10.8 Å². The number of hydrogen-bond donors (Lipinski definition) is 2. The third-order valence-corrected chi connectivity index (χ3v) is 5.91. The van der Waals surface area contributed by atoms with Gasteiger partial charge in [-0.05, 0) is 69.0 Å². The van der Waals surface area contributed by atoms with Crippen molar-refractivity contribution in [2.75, 3.05) is 32.6 Å². The van der Waals surface area contributed by atoms with Crippen LogP contribution < -0.4 is 15.4 Å². The molecule has 2 amide bonds. The highest BCUT2D eigenvalue weighted by Gasteiger charge is 2.24. The van der Waals surface area contributed by atoms with Crippen LogP contribution >= 0.6 is 23.1 Å². The van der Waals surface area contributed by atoms with E-state index in [0.29, 0.717) is 21.8 Å². The van der Waals surface area contributed by atoms with Crippen LogP contribution in [0, 0.1) is 6.92 Å². The molecule has 2 aromatic rings. The largest absolute Gasteiger partial charge is 0.494 e. The van der Waals surface area contributed by atoms with E-state index < -0.39 is 0 Å². The lowest BCUT2D eigenvalue weighted by molar-refractivity contribution is -0.115. The van der Waals surface area contributed by atoms with Gasteiger partial charge in [0.2, 0.25) is 5.91 Å². The molecule has 0 bridgehead atoms. The Hall–Kier alpha value is -2.69. The number of hydrogen-bond acceptors (Lipinski definition) is 8. The number of carbonyl (C=O) groups is 2. The fourth-order valence-electron chi connectivity index (χ4n) is 2.69. The number of benzene rings is 1. The smallest absolute Gasteiger partial charge is 0.264 e. The third-order valence-electron chi connectivity index (χ3n) is 4.14. The molecule has 10 heteroatoms. The number of nitrogens with one attached hydrogen (secondary N) is 2. The van der Waals surface area contributed by atoms with Gasteiger partial charge < -0.3 is 20.3 Å². The van der Waals surface area contributed by atoms with Crippen molar-refractivity contribution in [2.45, 2.75) is 20.3 Å². The second-order valence-corrected chi connectivity index (χ2v) is 9.28. The first-order chi connectivity index (χ1) is 14.8. The Morgan fingerprint density at radius 2 is 2.19 bits per heavy atom. The summed E-state index contributed by atoms with van der Waals surface area (Å²) in [5.74, 6) is 0.414. The number of nitrogens with zero attached hydrogens (tertiary/aromatic N) is 3. The van der Waals surface area contributed by atoms with Gasteiger partial charge in [-0.1, -0.05) is 11.3 Å². The molecule has 2 N–H and O–H groups in total. The molecule has 1 aromatic carbocycles. The highest BCUT2D eigenvalue weighted by Crippen LogP contribution is 2.31. The van der Waals surface area contributed by atoms with Crippen LogP contribution in [0.2, 0.25) is 0 Å². The molecule has 0 atom stereocenters. The SMILES string of the molecule is CC(=O)Nc1ncc(C=C2SC(=Nc3ccc(OCCCN(C)C)cc3C)NC2=O)s1. The quantitative estimate of drug-likeness (QED) is 0.462. The Kier molecular flexibility index (Phi) is 7.83. The lowest BCUT2D eigenvalue weighted by Gasteiger charge is -2.11. The van der Waals surface area contributed by atoms with Crippen molar-refractivity contribution in [1.82, 2.24) is 15.2 Å². The van der Waals surface area contributed by atoms with Crippen molar-refractivity contribution in [2.24, 2.45) is 4.99 Å². The van der Waals surface area contributed by atoms with Gasteiger partial charge in [0.1, 0.15) is 5.75 Å². The fraction of sp³-hybridized carbons (Fsp3) is 0.333. The van der Waals surface area contributed by atoms with Crippen LogP contribution in [0.5, 0.6) is 5.75 Å². The molecule has 1 fully saturated rings. The van der Waals surface area contributed by atoms with E-state index in [1.54, 1.807) is 12.3 Å². The van der Waals surface area contributed by atoms with Crippen molar-refractivity contribution >= 4 is 57.0 Å². The first-order valence-corrected chi connectivity index (χ1v) is 11.3. The van der Waals surface area contributed by atoms with E-state index in [9.17, 15) is 9.59 Å². The Balaban J connectivity index is 1.64. The number of aryl methyl sites for hydroxylation is 1. The number of ether oxygens (including phenoxy) is 1. The van der Waals surface area contributed by atoms with Crippen LogP contribution in [-0.2, 0) is 9.59 Å². The molecule has 1 aliphatic rings. The topological polar surface area (TPSA) is 95.9 Å². The van der Waals surface area contributed by atoms with Crippen LogP contribution in [0.15, 0.2) is 34.3 Å². The minimum atomic E-state index is -0.211. The highest BCUT2D eigenvalue weighted by molar-refractivity contribution is 8.18. The molecule has 8 nitrogen and oxygen atoms in total. The van der Waals surface area contributed by atoms with E-state index in [-0.39, 0.29) is 11.8 Å². The molecule has 0 radical (unpaired) electrons. The molecule has 164 valence electrons. The normalized spacial score (nSPS) is 16.2. The number of aliphatic imine (C=N–C) groups is 1. The van der Waals surface area contributed by atoms with Gasteiger partial charge in [-0.15, -0.1) is 0 Å². The van der Waals surface area contributed by atoms with E-state index in [0.717, 1.165) is 34.8 Å². The number of thioether (sulfide) groups is 1. The lowest BCUT2D eigenvalue weighted by Crippen LogP contribution is -2.19. The van der Waals surface area contributed by atoms with Gasteiger partial charge in [-0.25, -0.2) is 9.98 Å². The van der Waals surface area contributed by atoms with E-state index >= 15 is 0 Å². The number of rotatable bonds is 8. The van der Waals surface area contributed by atoms with Crippen molar-refractivity contribution in [3.8, 4) is 5.75 Å². The summed E-state index contributed by atoms with van der Waals surface area (Å²) in [5, 5.41) is 6.44. The molecule has 0 aliphatic carbocycles. The predicted molar refractivity (Wildman–Crippen MR) is 127 cm³/mol.